The molecule has 3 aromatic carbocycles. The molecule has 0 aliphatic heterocycles. The summed E-state index contributed by atoms with van der Waals surface area (Å²) in [6.07, 6.45) is 0.835. The number of rotatable bonds is 8. The first-order valence-electron chi connectivity index (χ1n) is 8.86. The van der Waals surface area contributed by atoms with Gasteiger partial charge in [0.25, 0.3) is 0 Å². The van der Waals surface area contributed by atoms with Crippen LogP contribution < -0.4 is 15.4 Å². The number of benzene rings is 3. The van der Waals surface area contributed by atoms with Crippen LogP contribution in [0, 0.1) is 0 Å². The fourth-order valence-electron chi connectivity index (χ4n) is 2.60. The molecular weight excluding hydrogens is 395 g/mol. The molecule has 4 nitrogen and oxygen atoms in total. The van der Waals surface area contributed by atoms with Crippen molar-refractivity contribution < 1.29 is 9.53 Å². The van der Waals surface area contributed by atoms with E-state index >= 15 is 0 Å². The minimum Gasteiger partial charge on any atom is -0.493 e. The van der Waals surface area contributed by atoms with Gasteiger partial charge >= 0.3 is 0 Å². The molecule has 28 heavy (non-hydrogen) atoms. The Morgan fingerprint density at radius 1 is 0.929 bits per heavy atom. The van der Waals surface area contributed by atoms with Gasteiger partial charge in [-0.15, -0.1) is 0 Å². The number of carbonyl (C=O) groups excluding carboxylic acids is 1. The summed E-state index contributed by atoms with van der Waals surface area (Å²) in [6, 6.07) is 22.6. The van der Waals surface area contributed by atoms with E-state index in [0.717, 1.165) is 17.9 Å². The highest BCUT2D eigenvalue weighted by atomic mass is 35.5. The molecule has 0 radical (unpaired) electrons. The first kappa shape index (κ1) is 20.1. The zero-order chi connectivity index (χ0) is 19.8. The van der Waals surface area contributed by atoms with Crippen LogP contribution in [0.3, 0.4) is 0 Å². The molecule has 3 rings (SSSR count). The van der Waals surface area contributed by atoms with Crippen LogP contribution in [0.5, 0.6) is 5.75 Å². The number of nitrogens with one attached hydrogen (secondary N) is 2. The van der Waals surface area contributed by atoms with Crippen molar-refractivity contribution in [3.05, 3.63) is 88.4 Å². The zero-order valence-corrected chi connectivity index (χ0v) is 16.6. The van der Waals surface area contributed by atoms with Gasteiger partial charge in [-0.3, -0.25) is 4.79 Å². The van der Waals surface area contributed by atoms with E-state index in [4.69, 9.17) is 27.9 Å². The van der Waals surface area contributed by atoms with Crippen LogP contribution in [-0.4, -0.2) is 19.1 Å². The molecule has 0 fully saturated rings. The van der Waals surface area contributed by atoms with E-state index < -0.39 is 0 Å². The second-order valence-electron chi connectivity index (χ2n) is 6.14. The molecule has 6 heteroatoms. The van der Waals surface area contributed by atoms with Crippen LogP contribution >= 0.6 is 23.2 Å². The van der Waals surface area contributed by atoms with Crippen LogP contribution in [-0.2, 0) is 11.2 Å². The summed E-state index contributed by atoms with van der Waals surface area (Å²) in [7, 11) is 0. The standard InChI is InChI=1S/C22H20Cl2N2O2/c23-17-9-10-20(24)21(13-17)26-22(27)15-25-18-7-4-8-19(14-18)28-12-11-16-5-2-1-3-6-16/h1-10,13-14,25H,11-12,15H2,(H,26,27). The topological polar surface area (TPSA) is 50.4 Å². The number of halogens is 2. The van der Waals surface area contributed by atoms with Gasteiger partial charge in [-0.2, -0.15) is 0 Å². The van der Waals surface area contributed by atoms with Crippen molar-refractivity contribution in [2.45, 2.75) is 6.42 Å². The summed E-state index contributed by atoms with van der Waals surface area (Å²) in [6.45, 7) is 0.678. The predicted octanol–water partition coefficient (Wildman–Crippen LogP) is 5.67. The second-order valence-corrected chi connectivity index (χ2v) is 6.98. The molecule has 0 saturated carbocycles. The highest BCUT2D eigenvalue weighted by Crippen LogP contribution is 2.25. The van der Waals surface area contributed by atoms with Crippen molar-refractivity contribution in [2.75, 3.05) is 23.8 Å². The van der Waals surface area contributed by atoms with Crippen LogP contribution in [0.4, 0.5) is 11.4 Å². The molecule has 0 unspecified atom stereocenters. The summed E-state index contributed by atoms with van der Waals surface area (Å²) < 4.78 is 5.81. The van der Waals surface area contributed by atoms with E-state index in [2.05, 4.69) is 22.8 Å². The average molecular weight is 415 g/mol. The lowest BCUT2D eigenvalue weighted by Crippen LogP contribution is -2.21. The molecule has 0 aliphatic carbocycles. The SMILES string of the molecule is O=C(CNc1cccc(OCCc2ccccc2)c1)Nc1cc(Cl)ccc1Cl. The Morgan fingerprint density at radius 3 is 2.57 bits per heavy atom. The fraction of sp³-hybridized carbons (Fsp3) is 0.136. The van der Waals surface area contributed by atoms with Gasteiger partial charge in [0.1, 0.15) is 5.75 Å². The van der Waals surface area contributed by atoms with E-state index in [1.807, 2.05) is 42.5 Å². The third kappa shape index (κ3) is 6.19. The summed E-state index contributed by atoms with van der Waals surface area (Å²) >= 11 is 12.0. The van der Waals surface area contributed by atoms with E-state index in [0.29, 0.717) is 22.3 Å². The van der Waals surface area contributed by atoms with Crippen molar-refractivity contribution >= 4 is 40.5 Å². The first-order chi connectivity index (χ1) is 13.6. The molecular formula is C22H20Cl2N2O2. The van der Waals surface area contributed by atoms with Gasteiger partial charge in [-0.05, 0) is 35.9 Å². The van der Waals surface area contributed by atoms with Gasteiger partial charge in [-0.1, -0.05) is 59.6 Å². The summed E-state index contributed by atoms with van der Waals surface area (Å²) in [5.74, 6) is 0.527. The summed E-state index contributed by atoms with van der Waals surface area (Å²) in [4.78, 5) is 12.2. The third-order valence-electron chi connectivity index (χ3n) is 3.99. The van der Waals surface area contributed by atoms with Gasteiger partial charge in [0.05, 0.1) is 23.9 Å². The van der Waals surface area contributed by atoms with E-state index in [-0.39, 0.29) is 12.5 Å². The maximum absolute atomic E-state index is 12.2. The molecule has 0 spiro atoms. The summed E-state index contributed by atoms with van der Waals surface area (Å²) in [5, 5.41) is 6.76. The molecule has 3 aromatic rings. The second kappa shape index (κ2) is 10.0. The summed E-state index contributed by atoms with van der Waals surface area (Å²) in [5.41, 5.74) is 2.51. The molecule has 0 bridgehead atoms. The van der Waals surface area contributed by atoms with Crippen LogP contribution in [0.1, 0.15) is 5.56 Å². The molecule has 144 valence electrons. The molecule has 0 aliphatic rings. The number of ether oxygens (including phenoxy) is 1. The minimum absolute atomic E-state index is 0.0936. The van der Waals surface area contributed by atoms with Crippen LogP contribution in [0.2, 0.25) is 10.0 Å². The molecule has 2 N–H and O–H groups in total. The number of hydrogen-bond acceptors (Lipinski definition) is 3. The molecule has 0 saturated heterocycles. The minimum atomic E-state index is -0.223. The van der Waals surface area contributed by atoms with Gasteiger partial charge < -0.3 is 15.4 Å². The Kier molecular flexibility index (Phi) is 7.18. The Bertz CT molecular complexity index is 933. The van der Waals surface area contributed by atoms with Crippen LogP contribution in [0.15, 0.2) is 72.8 Å². The Labute approximate surface area is 174 Å². The quantitative estimate of drug-likeness (QED) is 0.499. The monoisotopic (exact) mass is 414 g/mol. The van der Waals surface area contributed by atoms with E-state index in [1.165, 1.54) is 5.56 Å². The van der Waals surface area contributed by atoms with Crippen molar-refractivity contribution in [3.8, 4) is 5.75 Å². The number of anilines is 2. The van der Waals surface area contributed by atoms with E-state index in [1.54, 1.807) is 18.2 Å². The molecule has 0 aromatic heterocycles. The first-order valence-corrected chi connectivity index (χ1v) is 9.61. The molecule has 0 heterocycles. The predicted molar refractivity (Wildman–Crippen MR) is 116 cm³/mol. The van der Waals surface area contributed by atoms with Crippen molar-refractivity contribution in [3.63, 3.8) is 0 Å². The van der Waals surface area contributed by atoms with Gasteiger partial charge in [0, 0.05) is 23.2 Å². The van der Waals surface area contributed by atoms with Crippen LogP contribution in [0.25, 0.3) is 0 Å². The van der Waals surface area contributed by atoms with Crippen molar-refractivity contribution in [1.29, 1.82) is 0 Å². The normalized spacial score (nSPS) is 10.4. The lowest BCUT2D eigenvalue weighted by atomic mass is 10.2. The lowest BCUT2D eigenvalue weighted by molar-refractivity contribution is -0.114. The maximum atomic E-state index is 12.2. The van der Waals surface area contributed by atoms with E-state index in [9.17, 15) is 4.79 Å². The van der Waals surface area contributed by atoms with Gasteiger partial charge in [0.15, 0.2) is 0 Å². The van der Waals surface area contributed by atoms with Crippen molar-refractivity contribution in [1.82, 2.24) is 0 Å². The van der Waals surface area contributed by atoms with Crippen molar-refractivity contribution in [2.24, 2.45) is 0 Å². The van der Waals surface area contributed by atoms with Gasteiger partial charge in [-0.25, -0.2) is 0 Å². The highest BCUT2D eigenvalue weighted by molar-refractivity contribution is 6.35. The number of carbonyl (C=O) groups is 1. The fourth-order valence-corrected chi connectivity index (χ4v) is 2.93. The largest absolute Gasteiger partial charge is 0.493 e. The maximum Gasteiger partial charge on any atom is 0.243 e. The molecule has 1 amide bonds. The Hall–Kier alpha value is -2.69. The Morgan fingerprint density at radius 2 is 1.75 bits per heavy atom. The number of hydrogen-bond donors (Lipinski definition) is 2. The third-order valence-corrected chi connectivity index (χ3v) is 4.56. The molecule has 0 atom stereocenters. The number of amides is 1. The highest BCUT2D eigenvalue weighted by Gasteiger charge is 2.07. The van der Waals surface area contributed by atoms with Gasteiger partial charge in [0.2, 0.25) is 5.91 Å². The lowest BCUT2D eigenvalue weighted by Gasteiger charge is -2.11. The average Bonchev–Trinajstić information content (AvgIpc) is 2.70. The zero-order valence-electron chi connectivity index (χ0n) is 15.1. The Balaban J connectivity index is 1.48. The smallest absolute Gasteiger partial charge is 0.243 e.